The molecule has 0 N–H and O–H groups in total. The van der Waals surface area contributed by atoms with E-state index >= 15 is 0 Å². The fraction of sp³-hybridized carbons (Fsp3) is 0.727. The van der Waals surface area contributed by atoms with Crippen LogP contribution in [-0.2, 0) is 0 Å². The van der Waals surface area contributed by atoms with E-state index in [1.165, 1.54) is 24.8 Å². The minimum atomic E-state index is 0. The molecule has 0 aromatic rings. The Bertz CT molecular complexity index is 176. The highest BCUT2D eigenvalue weighted by atomic mass is 14.5. The van der Waals surface area contributed by atoms with Crippen LogP contribution in [-0.4, -0.2) is 0 Å². The monoisotopic (exact) mass is 148 g/mol. The van der Waals surface area contributed by atoms with Crippen molar-refractivity contribution in [2.24, 2.45) is 17.3 Å². The van der Waals surface area contributed by atoms with Crippen LogP contribution < -0.4 is 0 Å². The van der Waals surface area contributed by atoms with Gasteiger partial charge in [-0.3, -0.25) is 0 Å². The predicted octanol–water partition coefficient (Wildman–Crippen LogP) is 3.08. The summed E-state index contributed by atoms with van der Waals surface area (Å²) in [5.74, 6) is 1.85. The molecule has 0 amide bonds. The SMILES string of the molecule is C=C1C2CCC(C2)C1(C)C.[C]. The van der Waals surface area contributed by atoms with Gasteiger partial charge in [-0.1, -0.05) is 26.0 Å². The van der Waals surface area contributed by atoms with Gasteiger partial charge in [0.2, 0.25) is 0 Å². The van der Waals surface area contributed by atoms with E-state index in [2.05, 4.69) is 20.4 Å². The average molecular weight is 148 g/mol. The van der Waals surface area contributed by atoms with E-state index in [9.17, 15) is 0 Å². The predicted molar refractivity (Wildman–Crippen MR) is 47.0 cm³/mol. The summed E-state index contributed by atoms with van der Waals surface area (Å²) in [5.41, 5.74) is 2.01. The standard InChI is InChI=1S/C10H16.C/c1-7-8-4-5-9(6-8)10(7,2)3;/h8-9H,1,4-6H2,2-3H3;. The highest BCUT2D eigenvalue weighted by Gasteiger charge is 2.47. The van der Waals surface area contributed by atoms with E-state index < -0.39 is 0 Å². The van der Waals surface area contributed by atoms with Crippen LogP contribution in [0.15, 0.2) is 12.2 Å². The van der Waals surface area contributed by atoms with Crippen LogP contribution in [0.1, 0.15) is 33.1 Å². The molecule has 0 heterocycles. The van der Waals surface area contributed by atoms with Gasteiger partial charge in [0.25, 0.3) is 0 Å². The lowest BCUT2D eigenvalue weighted by atomic mass is 9.73. The maximum atomic E-state index is 4.19. The van der Waals surface area contributed by atoms with Gasteiger partial charge in [-0.25, -0.2) is 0 Å². The van der Waals surface area contributed by atoms with Crippen LogP contribution >= 0.6 is 0 Å². The number of fused-ring (bicyclic) bond motifs is 2. The van der Waals surface area contributed by atoms with Crippen molar-refractivity contribution in [3.63, 3.8) is 0 Å². The Morgan fingerprint density at radius 1 is 1.36 bits per heavy atom. The molecule has 0 aliphatic heterocycles. The quantitative estimate of drug-likeness (QED) is 0.463. The second-order valence-corrected chi connectivity index (χ2v) is 4.45. The van der Waals surface area contributed by atoms with Gasteiger partial charge >= 0.3 is 0 Å². The van der Waals surface area contributed by atoms with Crippen molar-refractivity contribution in [3.8, 4) is 0 Å². The lowest BCUT2D eigenvalue weighted by molar-refractivity contribution is 0.289. The van der Waals surface area contributed by atoms with Gasteiger partial charge in [0, 0.05) is 7.43 Å². The van der Waals surface area contributed by atoms with Gasteiger partial charge < -0.3 is 0 Å². The molecule has 0 nitrogen and oxygen atoms in total. The Kier molecular flexibility index (Phi) is 1.90. The third kappa shape index (κ3) is 0.953. The van der Waals surface area contributed by atoms with E-state index in [4.69, 9.17) is 0 Å². The number of hydrogen-bond donors (Lipinski definition) is 0. The van der Waals surface area contributed by atoms with Gasteiger partial charge in [0.15, 0.2) is 0 Å². The Morgan fingerprint density at radius 2 is 2.00 bits per heavy atom. The fourth-order valence-corrected chi connectivity index (χ4v) is 2.74. The lowest BCUT2D eigenvalue weighted by Gasteiger charge is -2.31. The molecule has 0 aromatic heterocycles. The van der Waals surface area contributed by atoms with Crippen LogP contribution in [0.4, 0.5) is 0 Å². The first-order valence-corrected chi connectivity index (χ1v) is 4.31. The molecule has 2 fully saturated rings. The fourth-order valence-electron chi connectivity index (χ4n) is 2.74. The van der Waals surface area contributed by atoms with Crippen LogP contribution in [0.5, 0.6) is 0 Å². The van der Waals surface area contributed by atoms with Gasteiger partial charge in [-0.2, -0.15) is 0 Å². The number of hydrogen-bond acceptors (Lipinski definition) is 0. The summed E-state index contributed by atoms with van der Waals surface area (Å²) in [6.45, 7) is 8.91. The van der Waals surface area contributed by atoms with Crippen molar-refractivity contribution in [2.75, 3.05) is 0 Å². The lowest BCUT2D eigenvalue weighted by Crippen LogP contribution is -2.21. The van der Waals surface area contributed by atoms with Crippen molar-refractivity contribution in [1.29, 1.82) is 0 Å². The minimum absolute atomic E-state index is 0. The Balaban J connectivity index is 0.000000605. The normalized spacial score (nSPS) is 38.9. The van der Waals surface area contributed by atoms with E-state index in [0.717, 1.165) is 11.8 Å². The molecule has 11 heavy (non-hydrogen) atoms. The Labute approximate surface area is 70.7 Å². The molecule has 2 rings (SSSR count). The molecule has 4 radical (unpaired) electrons. The van der Waals surface area contributed by atoms with Crippen molar-refractivity contribution in [1.82, 2.24) is 0 Å². The van der Waals surface area contributed by atoms with Gasteiger partial charge in [-0.15, -0.1) is 0 Å². The van der Waals surface area contributed by atoms with E-state index in [1.54, 1.807) is 0 Å². The van der Waals surface area contributed by atoms with E-state index in [-0.39, 0.29) is 7.43 Å². The third-order valence-corrected chi connectivity index (χ3v) is 3.77. The van der Waals surface area contributed by atoms with Crippen LogP contribution in [0, 0.1) is 24.7 Å². The summed E-state index contributed by atoms with van der Waals surface area (Å²) in [4.78, 5) is 0. The topological polar surface area (TPSA) is 0 Å². The second-order valence-electron chi connectivity index (χ2n) is 4.45. The summed E-state index contributed by atoms with van der Waals surface area (Å²) in [6, 6.07) is 0. The average Bonchev–Trinajstić information content (AvgIpc) is 2.37. The first-order valence-electron chi connectivity index (χ1n) is 4.31. The van der Waals surface area contributed by atoms with Crippen LogP contribution in [0.2, 0.25) is 0 Å². The molecule has 2 atom stereocenters. The molecular formula is C11H16. The van der Waals surface area contributed by atoms with Crippen molar-refractivity contribution < 1.29 is 0 Å². The van der Waals surface area contributed by atoms with Crippen LogP contribution in [0.3, 0.4) is 0 Å². The molecule has 2 aliphatic carbocycles. The third-order valence-electron chi connectivity index (χ3n) is 3.77. The first-order chi connectivity index (χ1) is 4.62. The summed E-state index contributed by atoms with van der Waals surface area (Å²) in [5, 5.41) is 0. The van der Waals surface area contributed by atoms with E-state index in [0.29, 0.717) is 5.41 Å². The largest absolute Gasteiger partial charge is 0.0990 e. The molecule has 0 heteroatoms. The zero-order chi connectivity index (χ0) is 7.35. The van der Waals surface area contributed by atoms with Gasteiger partial charge in [-0.05, 0) is 36.5 Å². The Hall–Kier alpha value is -0.260. The molecule has 2 aliphatic rings. The highest BCUT2D eigenvalue weighted by molar-refractivity contribution is 5.22. The molecule has 60 valence electrons. The number of allylic oxidation sites excluding steroid dienone is 1. The zero-order valence-corrected chi connectivity index (χ0v) is 7.48. The van der Waals surface area contributed by atoms with Crippen molar-refractivity contribution >= 4 is 0 Å². The van der Waals surface area contributed by atoms with Gasteiger partial charge in [0.1, 0.15) is 0 Å². The summed E-state index contributed by atoms with van der Waals surface area (Å²) >= 11 is 0. The molecule has 2 bridgehead atoms. The smallest absolute Gasteiger partial charge is 0 e. The molecule has 2 unspecified atom stereocenters. The molecule has 2 saturated carbocycles. The van der Waals surface area contributed by atoms with E-state index in [1.807, 2.05) is 0 Å². The van der Waals surface area contributed by atoms with Crippen molar-refractivity contribution in [2.45, 2.75) is 33.1 Å². The summed E-state index contributed by atoms with van der Waals surface area (Å²) in [7, 11) is 0. The molecule has 0 saturated heterocycles. The van der Waals surface area contributed by atoms with Crippen molar-refractivity contribution in [3.05, 3.63) is 19.6 Å². The maximum absolute atomic E-state index is 4.19. The molecule has 0 spiro atoms. The number of rotatable bonds is 0. The van der Waals surface area contributed by atoms with Crippen LogP contribution in [0.25, 0.3) is 0 Å². The zero-order valence-electron chi connectivity index (χ0n) is 7.48. The molecule has 0 aromatic carbocycles. The maximum Gasteiger partial charge on any atom is 0 e. The first kappa shape index (κ1) is 8.83. The van der Waals surface area contributed by atoms with Gasteiger partial charge in [0.05, 0.1) is 0 Å². The molecular weight excluding hydrogens is 132 g/mol. The summed E-state index contributed by atoms with van der Waals surface area (Å²) in [6.07, 6.45) is 4.31. The second kappa shape index (κ2) is 2.36. The minimum Gasteiger partial charge on any atom is -0.0990 e. The highest BCUT2D eigenvalue weighted by Crippen LogP contribution is 2.58. The Morgan fingerprint density at radius 3 is 2.27 bits per heavy atom. The summed E-state index contributed by atoms with van der Waals surface area (Å²) < 4.78 is 0.